The van der Waals surface area contributed by atoms with E-state index in [1.807, 2.05) is 12.3 Å². The van der Waals surface area contributed by atoms with Gasteiger partial charge in [0, 0.05) is 12.5 Å². The molecule has 0 radical (unpaired) electrons. The van der Waals surface area contributed by atoms with Crippen molar-refractivity contribution in [3.8, 4) is 28.4 Å². The molecule has 2 aromatic carbocycles. The third-order valence-corrected chi connectivity index (χ3v) is 6.21. The van der Waals surface area contributed by atoms with Crippen molar-refractivity contribution in [3.63, 3.8) is 0 Å². The summed E-state index contributed by atoms with van der Waals surface area (Å²) >= 11 is 6.99. The molecule has 0 saturated carbocycles. The Morgan fingerprint density at radius 1 is 1.19 bits per heavy atom. The van der Waals surface area contributed by atoms with Crippen molar-refractivity contribution in [2.75, 3.05) is 26.4 Å². The van der Waals surface area contributed by atoms with Crippen molar-refractivity contribution < 1.29 is 23.8 Å². The predicted molar refractivity (Wildman–Crippen MR) is 124 cm³/mol. The van der Waals surface area contributed by atoms with Gasteiger partial charge >= 0.3 is 5.97 Å². The van der Waals surface area contributed by atoms with Gasteiger partial charge in [-0.15, -0.1) is 23.4 Å². The maximum absolute atomic E-state index is 12.8. The van der Waals surface area contributed by atoms with Crippen LogP contribution in [0.4, 0.5) is 0 Å². The van der Waals surface area contributed by atoms with E-state index in [4.69, 9.17) is 25.8 Å². The Balaban J connectivity index is 2.40. The van der Waals surface area contributed by atoms with Crippen molar-refractivity contribution >= 4 is 35.2 Å². The summed E-state index contributed by atoms with van der Waals surface area (Å²) < 4.78 is 16.6. The second-order valence-electron chi connectivity index (χ2n) is 7.15. The molecule has 170 valence electrons. The van der Waals surface area contributed by atoms with Crippen LogP contribution in [0.3, 0.4) is 0 Å². The number of carbonyl (C=O) groups excluding carboxylic acids is 2. The largest absolute Gasteiger partial charge is 0.493 e. The van der Waals surface area contributed by atoms with Gasteiger partial charge in [0.05, 0.1) is 25.2 Å². The zero-order valence-corrected chi connectivity index (χ0v) is 19.8. The molecule has 0 aromatic heterocycles. The smallest absolute Gasteiger partial charge is 0.326 e. The molecular formula is C23H24ClNO6S. The zero-order valence-electron chi connectivity index (χ0n) is 18.2. The van der Waals surface area contributed by atoms with Gasteiger partial charge in [-0.3, -0.25) is 14.4 Å². The quantitative estimate of drug-likeness (QED) is 0.293. The van der Waals surface area contributed by atoms with Crippen molar-refractivity contribution in [2.24, 2.45) is 0 Å². The Morgan fingerprint density at radius 2 is 1.94 bits per heavy atom. The zero-order chi connectivity index (χ0) is 23.4. The van der Waals surface area contributed by atoms with Crippen LogP contribution in [-0.4, -0.2) is 38.2 Å². The number of alkyl halides is 1. The predicted octanol–water partition coefficient (Wildman–Crippen LogP) is 3.72. The van der Waals surface area contributed by atoms with Gasteiger partial charge in [0.15, 0.2) is 16.9 Å². The van der Waals surface area contributed by atoms with Gasteiger partial charge in [-0.2, -0.15) is 0 Å². The minimum atomic E-state index is -0.654. The van der Waals surface area contributed by atoms with E-state index in [9.17, 15) is 14.4 Å². The van der Waals surface area contributed by atoms with Gasteiger partial charge in [-0.05, 0) is 54.0 Å². The number of esters is 1. The molecule has 0 heterocycles. The number of benzene rings is 1. The molecule has 0 unspecified atom stereocenters. The lowest BCUT2D eigenvalue weighted by molar-refractivity contribution is -0.131. The van der Waals surface area contributed by atoms with Crippen LogP contribution >= 0.6 is 23.4 Å². The van der Waals surface area contributed by atoms with Crippen LogP contribution in [0.15, 0.2) is 34.0 Å². The molecule has 1 amide bonds. The van der Waals surface area contributed by atoms with Gasteiger partial charge in [-0.1, -0.05) is 6.07 Å². The van der Waals surface area contributed by atoms with E-state index >= 15 is 0 Å². The number of ether oxygens (including phenoxy) is 3. The molecule has 9 heteroatoms. The molecule has 0 saturated heterocycles. The van der Waals surface area contributed by atoms with Gasteiger partial charge in [0.2, 0.25) is 11.7 Å². The topological polar surface area (TPSA) is 90.9 Å². The molecule has 1 atom stereocenters. The molecule has 1 aliphatic rings. The first kappa shape index (κ1) is 23.9. The van der Waals surface area contributed by atoms with Crippen LogP contribution in [0.2, 0.25) is 0 Å². The van der Waals surface area contributed by atoms with Crippen LogP contribution in [0.5, 0.6) is 17.2 Å². The third-order valence-electron chi connectivity index (χ3n) is 5.22. The van der Waals surface area contributed by atoms with E-state index < -0.39 is 5.97 Å². The summed E-state index contributed by atoms with van der Waals surface area (Å²) in [6.07, 6.45) is 2.96. The highest BCUT2D eigenvalue weighted by Gasteiger charge is 2.30. The summed E-state index contributed by atoms with van der Waals surface area (Å²) in [5.74, 6) is -0.450. The Morgan fingerprint density at radius 3 is 2.53 bits per heavy atom. The molecule has 1 N–H and O–H groups in total. The maximum atomic E-state index is 12.8. The first-order valence-corrected chi connectivity index (χ1v) is 11.6. The van der Waals surface area contributed by atoms with E-state index in [-0.39, 0.29) is 29.0 Å². The number of hydrogen-bond donors (Lipinski definition) is 1. The molecule has 32 heavy (non-hydrogen) atoms. The number of fused-ring (bicyclic) bond motifs is 3. The Labute approximate surface area is 195 Å². The van der Waals surface area contributed by atoms with Crippen LogP contribution in [-0.2, 0) is 16.0 Å². The minimum absolute atomic E-state index is 0.113. The maximum Gasteiger partial charge on any atom is 0.326 e. The number of halogens is 1. The first-order chi connectivity index (χ1) is 15.3. The number of thioether (sulfide) groups is 1. The first-order valence-electron chi connectivity index (χ1n) is 9.88. The van der Waals surface area contributed by atoms with Gasteiger partial charge in [0.25, 0.3) is 0 Å². The average Bonchev–Trinajstić information content (AvgIpc) is 3.01. The molecule has 0 fully saturated rings. The summed E-state index contributed by atoms with van der Waals surface area (Å²) in [6.45, 7) is 1.44. The van der Waals surface area contributed by atoms with E-state index in [1.165, 1.54) is 32.9 Å². The second kappa shape index (κ2) is 10.3. The molecule has 1 aliphatic carbocycles. The number of methoxy groups -OCH3 is 2. The van der Waals surface area contributed by atoms with Crippen molar-refractivity contribution in [1.82, 2.24) is 5.32 Å². The monoisotopic (exact) mass is 477 g/mol. The fourth-order valence-electron chi connectivity index (χ4n) is 3.91. The van der Waals surface area contributed by atoms with Crippen LogP contribution in [0, 0.1) is 0 Å². The minimum Gasteiger partial charge on any atom is -0.493 e. The Bertz CT molecular complexity index is 1120. The SMILES string of the molecule is COc1cc2c(c(OC)c1OC(=O)CCl)-c1ccc(SC)c(=O)cc1[C@@H](NC(C)=O)CC2. The summed E-state index contributed by atoms with van der Waals surface area (Å²) in [6, 6.07) is 6.55. The van der Waals surface area contributed by atoms with E-state index in [0.29, 0.717) is 45.9 Å². The van der Waals surface area contributed by atoms with Gasteiger partial charge < -0.3 is 19.5 Å². The second-order valence-corrected chi connectivity index (χ2v) is 8.27. The molecule has 7 nitrogen and oxygen atoms in total. The third kappa shape index (κ3) is 4.71. The van der Waals surface area contributed by atoms with Gasteiger partial charge in [0.1, 0.15) is 5.88 Å². The van der Waals surface area contributed by atoms with Crippen LogP contribution < -0.4 is 25.0 Å². The fraction of sp³-hybridized carbons (Fsp3) is 0.348. The molecule has 0 spiro atoms. The summed E-state index contributed by atoms with van der Waals surface area (Å²) in [7, 11) is 2.94. The van der Waals surface area contributed by atoms with E-state index in [1.54, 1.807) is 18.2 Å². The molecular weight excluding hydrogens is 454 g/mol. The summed E-state index contributed by atoms with van der Waals surface area (Å²) in [5, 5.41) is 2.95. The summed E-state index contributed by atoms with van der Waals surface area (Å²) in [4.78, 5) is 37.3. The lowest BCUT2D eigenvalue weighted by Gasteiger charge is -2.20. The summed E-state index contributed by atoms with van der Waals surface area (Å²) in [5.41, 5.74) is 2.79. The molecule has 0 aliphatic heterocycles. The number of carbonyl (C=O) groups is 2. The lowest BCUT2D eigenvalue weighted by atomic mass is 9.95. The van der Waals surface area contributed by atoms with Crippen LogP contribution in [0.25, 0.3) is 11.1 Å². The lowest BCUT2D eigenvalue weighted by Crippen LogP contribution is -2.26. The highest BCUT2D eigenvalue weighted by atomic mass is 35.5. The van der Waals surface area contributed by atoms with E-state index in [2.05, 4.69) is 5.32 Å². The Kier molecular flexibility index (Phi) is 7.69. The molecule has 3 rings (SSSR count). The highest BCUT2D eigenvalue weighted by molar-refractivity contribution is 7.98. The highest BCUT2D eigenvalue weighted by Crippen LogP contribution is 2.50. The van der Waals surface area contributed by atoms with Crippen molar-refractivity contribution in [1.29, 1.82) is 0 Å². The fourth-order valence-corrected chi connectivity index (χ4v) is 4.43. The Hall–Kier alpha value is -2.71. The van der Waals surface area contributed by atoms with Crippen LogP contribution in [0.1, 0.15) is 30.5 Å². The number of rotatable bonds is 6. The van der Waals surface area contributed by atoms with Crippen molar-refractivity contribution in [2.45, 2.75) is 30.7 Å². The number of aryl methyl sites for hydroxylation is 1. The van der Waals surface area contributed by atoms with Crippen molar-refractivity contribution in [3.05, 3.63) is 45.6 Å². The van der Waals surface area contributed by atoms with Gasteiger partial charge in [-0.25, -0.2) is 0 Å². The standard InChI is InChI=1S/C23H24ClNO6S/c1-12(26)25-16-7-5-13-9-18(29-2)22(31-20(28)11-24)23(30-3)21(13)14-6-8-19(32-4)17(27)10-15(14)16/h6,8-10,16H,5,7,11H2,1-4H3,(H,25,26)/t16-/m0/s1. The molecule has 2 aromatic rings. The number of amides is 1. The average molecular weight is 478 g/mol. The number of nitrogens with one attached hydrogen (secondary N) is 1. The molecule has 0 bridgehead atoms. The normalized spacial score (nSPS) is 14.5. The number of hydrogen-bond acceptors (Lipinski definition) is 7. The van der Waals surface area contributed by atoms with E-state index in [0.717, 1.165) is 5.56 Å².